The number of benzene rings is 1. The van der Waals surface area contributed by atoms with Crippen LogP contribution < -0.4 is 4.74 Å². The number of halogens is 1. The summed E-state index contributed by atoms with van der Waals surface area (Å²) in [5.74, 6) is 1.49. The number of fused-ring (bicyclic) bond motifs is 1. The Hall–Kier alpha value is -1.67. The summed E-state index contributed by atoms with van der Waals surface area (Å²) < 4.78 is 13.7. The molecule has 1 aliphatic heterocycles. The molecule has 2 heterocycles. The van der Waals surface area contributed by atoms with Gasteiger partial charge < -0.3 is 14.4 Å². The number of morpholine rings is 1. The average molecular weight is 395 g/mol. The number of nitrogens with zero attached hydrogens (tertiary/aromatic N) is 4. The van der Waals surface area contributed by atoms with Crippen LogP contribution in [0.4, 0.5) is 0 Å². The van der Waals surface area contributed by atoms with Crippen molar-refractivity contribution in [2.75, 3.05) is 32.9 Å². The van der Waals surface area contributed by atoms with Crippen molar-refractivity contribution >= 4 is 32.9 Å². The molecule has 1 aromatic heterocycles. The summed E-state index contributed by atoms with van der Waals surface area (Å²) in [6, 6.07) is 3.93. The summed E-state index contributed by atoms with van der Waals surface area (Å²) in [6.07, 6.45) is 2.56. The average Bonchev–Trinajstić information content (AvgIpc) is 3.30. The van der Waals surface area contributed by atoms with Crippen LogP contribution in [0.1, 0.15) is 12.8 Å². The molecule has 2 aromatic rings. The van der Waals surface area contributed by atoms with Crippen molar-refractivity contribution in [3.05, 3.63) is 16.6 Å². The minimum atomic E-state index is 0.0161. The lowest BCUT2D eigenvalue weighted by molar-refractivity contribution is -0.143. The van der Waals surface area contributed by atoms with Crippen LogP contribution in [-0.4, -0.2) is 58.7 Å². The lowest BCUT2D eigenvalue weighted by atomic mass is 10.3. The molecular weight excluding hydrogens is 376 g/mol. The predicted octanol–water partition coefficient (Wildman–Crippen LogP) is 1.84. The zero-order chi connectivity index (χ0) is 16.5. The summed E-state index contributed by atoms with van der Waals surface area (Å²) in [5, 5.41) is 8.53. The van der Waals surface area contributed by atoms with Crippen LogP contribution >= 0.6 is 15.9 Å². The van der Waals surface area contributed by atoms with E-state index in [2.05, 4.69) is 26.2 Å². The van der Waals surface area contributed by atoms with Crippen molar-refractivity contribution in [3.63, 3.8) is 0 Å². The van der Waals surface area contributed by atoms with Crippen molar-refractivity contribution in [1.82, 2.24) is 19.9 Å². The van der Waals surface area contributed by atoms with Gasteiger partial charge in [-0.15, -0.1) is 5.10 Å². The Bertz CT molecular complexity index is 759. The lowest BCUT2D eigenvalue weighted by Crippen LogP contribution is -2.43. The van der Waals surface area contributed by atoms with Gasteiger partial charge in [-0.2, -0.15) is 0 Å². The highest BCUT2D eigenvalue weighted by molar-refractivity contribution is 9.10. The van der Waals surface area contributed by atoms with E-state index in [0.29, 0.717) is 26.3 Å². The molecule has 0 N–H and O–H groups in total. The monoisotopic (exact) mass is 394 g/mol. The largest absolute Gasteiger partial charge is 0.490 e. The topological polar surface area (TPSA) is 69.5 Å². The van der Waals surface area contributed by atoms with Crippen LogP contribution in [0.2, 0.25) is 0 Å². The molecule has 7 nitrogen and oxygen atoms in total. The van der Waals surface area contributed by atoms with Crippen LogP contribution in [0.25, 0.3) is 11.0 Å². The maximum atomic E-state index is 11.7. The fourth-order valence-corrected chi connectivity index (χ4v) is 3.36. The van der Waals surface area contributed by atoms with Gasteiger partial charge in [-0.05, 0) is 46.8 Å². The smallest absolute Gasteiger partial charge is 0.248 e. The molecule has 0 bridgehead atoms. The van der Waals surface area contributed by atoms with Crippen molar-refractivity contribution in [2.24, 2.45) is 5.92 Å². The molecule has 0 unspecified atom stereocenters. The van der Waals surface area contributed by atoms with Gasteiger partial charge in [0.15, 0.2) is 0 Å². The van der Waals surface area contributed by atoms with Crippen LogP contribution in [0.3, 0.4) is 0 Å². The third-order valence-corrected chi connectivity index (χ3v) is 5.19. The number of hydrogen-bond donors (Lipinski definition) is 0. The Kier molecular flexibility index (Phi) is 4.41. The van der Waals surface area contributed by atoms with Crippen molar-refractivity contribution < 1.29 is 14.3 Å². The first-order valence-corrected chi connectivity index (χ1v) is 9.01. The number of hydrogen-bond acceptors (Lipinski definition) is 5. The van der Waals surface area contributed by atoms with E-state index in [-0.39, 0.29) is 12.5 Å². The molecule has 1 saturated heterocycles. The maximum Gasteiger partial charge on any atom is 0.248 e. The molecule has 2 aliphatic rings. The Balaban J connectivity index is 1.42. The summed E-state index contributed by atoms with van der Waals surface area (Å²) in [7, 11) is 0. The highest BCUT2D eigenvalue weighted by Gasteiger charge is 2.24. The molecule has 1 amide bonds. The first-order chi connectivity index (χ1) is 11.7. The van der Waals surface area contributed by atoms with Crippen molar-refractivity contribution in [3.8, 4) is 5.75 Å². The Labute approximate surface area is 148 Å². The number of aromatic nitrogens is 3. The zero-order valence-electron chi connectivity index (χ0n) is 13.3. The number of carbonyl (C=O) groups excluding carboxylic acids is 1. The maximum absolute atomic E-state index is 11.7. The molecule has 8 heteroatoms. The zero-order valence-corrected chi connectivity index (χ0v) is 14.9. The second kappa shape index (κ2) is 6.68. The van der Waals surface area contributed by atoms with Crippen molar-refractivity contribution in [1.29, 1.82) is 0 Å². The van der Waals surface area contributed by atoms with E-state index in [1.165, 1.54) is 12.8 Å². The predicted molar refractivity (Wildman–Crippen MR) is 90.8 cm³/mol. The number of rotatable bonds is 6. The normalized spacial score (nSPS) is 18.4. The summed E-state index contributed by atoms with van der Waals surface area (Å²) >= 11 is 3.57. The van der Waals surface area contributed by atoms with Gasteiger partial charge in [0, 0.05) is 13.1 Å². The Morgan fingerprint density at radius 1 is 1.38 bits per heavy atom. The first kappa shape index (κ1) is 15.8. The van der Waals surface area contributed by atoms with Crippen LogP contribution in [0.15, 0.2) is 16.6 Å². The van der Waals surface area contributed by atoms with Gasteiger partial charge in [0.2, 0.25) is 5.91 Å². The molecule has 1 saturated carbocycles. The van der Waals surface area contributed by atoms with E-state index >= 15 is 0 Å². The fourth-order valence-electron chi connectivity index (χ4n) is 2.83. The van der Waals surface area contributed by atoms with Gasteiger partial charge in [0.25, 0.3) is 0 Å². The Morgan fingerprint density at radius 2 is 2.25 bits per heavy atom. The molecule has 2 fully saturated rings. The molecule has 128 valence electrons. The summed E-state index contributed by atoms with van der Waals surface area (Å²) in [4.78, 5) is 13.5. The number of amides is 1. The van der Waals surface area contributed by atoms with Gasteiger partial charge >= 0.3 is 0 Å². The highest BCUT2D eigenvalue weighted by atomic mass is 79.9. The third-order valence-electron chi connectivity index (χ3n) is 4.42. The van der Waals surface area contributed by atoms with Gasteiger partial charge in [-0.25, -0.2) is 4.68 Å². The van der Waals surface area contributed by atoms with Gasteiger partial charge in [0.05, 0.1) is 23.1 Å². The van der Waals surface area contributed by atoms with Crippen LogP contribution in [-0.2, 0) is 16.1 Å². The summed E-state index contributed by atoms with van der Waals surface area (Å²) in [6.45, 7) is 3.30. The molecule has 4 rings (SSSR count). The summed E-state index contributed by atoms with van der Waals surface area (Å²) in [5.41, 5.74) is 1.83. The molecule has 1 aliphatic carbocycles. The molecule has 0 radical (unpaired) electrons. The van der Waals surface area contributed by atoms with Crippen LogP contribution in [0, 0.1) is 5.92 Å². The standard InChI is InChI=1S/C16H19BrN4O3/c17-15-13(24-8-6-20-5-7-23-10-14(20)22)4-3-12-16(15)18-19-21(12)9-11-1-2-11/h3-4,11H,1-2,5-10H2. The minimum absolute atomic E-state index is 0.0161. The van der Waals surface area contributed by atoms with E-state index in [1.807, 2.05) is 16.8 Å². The molecule has 0 spiro atoms. The first-order valence-electron chi connectivity index (χ1n) is 8.22. The minimum Gasteiger partial charge on any atom is -0.490 e. The van der Waals surface area contributed by atoms with E-state index in [1.54, 1.807) is 4.90 Å². The van der Waals surface area contributed by atoms with Gasteiger partial charge in [-0.3, -0.25) is 4.79 Å². The number of ether oxygens (including phenoxy) is 2. The lowest BCUT2D eigenvalue weighted by Gasteiger charge is -2.26. The Morgan fingerprint density at radius 3 is 3.04 bits per heavy atom. The molecule has 0 atom stereocenters. The quantitative estimate of drug-likeness (QED) is 0.747. The molecule has 1 aromatic carbocycles. The second-order valence-electron chi connectivity index (χ2n) is 6.24. The second-order valence-corrected chi connectivity index (χ2v) is 7.04. The van der Waals surface area contributed by atoms with Gasteiger partial charge in [0.1, 0.15) is 24.5 Å². The van der Waals surface area contributed by atoms with Crippen molar-refractivity contribution in [2.45, 2.75) is 19.4 Å². The van der Waals surface area contributed by atoms with Crippen LogP contribution in [0.5, 0.6) is 5.75 Å². The highest BCUT2D eigenvalue weighted by Crippen LogP contribution is 2.34. The van der Waals surface area contributed by atoms with E-state index in [9.17, 15) is 4.79 Å². The fraction of sp³-hybridized carbons (Fsp3) is 0.562. The van der Waals surface area contributed by atoms with E-state index in [0.717, 1.165) is 33.7 Å². The van der Waals surface area contributed by atoms with E-state index < -0.39 is 0 Å². The molecule has 24 heavy (non-hydrogen) atoms. The van der Waals surface area contributed by atoms with Gasteiger partial charge in [-0.1, -0.05) is 5.21 Å². The molecular formula is C16H19BrN4O3. The number of carbonyl (C=O) groups is 1. The van der Waals surface area contributed by atoms with E-state index in [4.69, 9.17) is 9.47 Å². The third kappa shape index (κ3) is 3.25. The SMILES string of the molecule is O=C1COCCN1CCOc1ccc2c(nnn2CC2CC2)c1Br.